The van der Waals surface area contributed by atoms with E-state index in [4.69, 9.17) is 0 Å². The van der Waals surface area contributed by atoms with E-state index < -0.39 is 30.1 Å². The Morgan fingerprint density at radius 2 is 1.15 bits per heavy atom. The standard InChI is InChI=1S/C20H13NO5/c22-11(9-16-17(23)12-5-1-2-6-13(12)18(16)24)10-21-19(25)14-7-3-4-8-15(14)20(21)26/h1-8,16H,9-10H2. The van der Waals surface area contributed by atoms with Gasteiger partial charge in [0.15, 0.2) is 17.3 Å². The van der Waals surface area contributed by atoms with Crippen LogP contribution in [-0.4, -0.2) is 40.6 Å². The van der Waals surface area contributed by atoms with Crippen molar-refractivity contribution in [2.45, 2.75) is 6.42 Å². The lowest BCUT2D eigenvalue weighted by atomic mass is 9.97. The minimum Gasteiger partial charge on any atom is -0.298 e. The minimum absolute atomic E-state index is 0.255. The molecule has 0 fully saturated rings. The van der Waals surface area contributed by atoms with Gasteiger partial charge in [0.05, 0.1) is 23.6 Å². The van der Waals surface area contributed by atoms with Crippen molar-refractivity contribution in [2.24, 2.45) is 5.92 Å². The fourth-order valence-corrected chi connectivity index (χ4v) is 3.44. The van der Waals surface area contributed by atoms with Crippen molar-refractivity contribution in [3.8, 4) is 0 Å². The van der Waals surface area contributed by atoms with Gasteiger partial charge in [-0.15, -0.1) is 0 Å². The molecule has 0 aromatic heterocycles. The molecule has 2 aromatic carbocycles. The van der Waals surface area contributed by atoms with E-state index in [-0.39, 0.29) is 29.1 Å². The quantitative estimate of drug-likeness (QED) is 0.623. The lowest BCUT2D eigenvalue weighted by molar-refractivity contribution is -0.119. The number of amides is 2. The van der Waals surface area contributed by atoms with Gasteiger partial charge in [0.1, 0.15) is 0 Å². The number of hydrogen-bond donors (Lipinski definition) is 0. The van der Waals surface area contributed by atoms with E-state index in [9.17, 15) is 24.0 Å². The third-order valence-electron chi connectivity index (χ3n) is 4.74. The van der Waals surface area contributed by atoms with E-state index in [1.165, 1.54) is 12.1 Å². The molecule has 0 saturated heterocycles. The lowest BCUT2D eigenvalue weighted by Crippen LogP contribution is -2.36. The Kier molecular flexibility index (Phi) is 3.61. The first-order valence-electron chi connectivity index (χ1n) is 8.13. The summed E-state index contributed by atoms with van der Waals surface area (Å²) in [5.41, 5.74) is 1.14. The van der Waals surface area contributed by atoms with Gasteiger partial charge < -0.3 is 0 Å². The van der Waals surface area contributed by atoms with Crippen molar-refractivity contribution in [3.05, 3.63) is 70.8 Å². The Hall–Kier alpha value is -3.41. The smallest absolute Gasteiger partial charge is 0.261 e. The van der Waals surface area contributed by atoms with Crippen LogP contribution in [0, 0.1) is 5.92 Å². The van der Waals surface area contributed by atoms with Crippen LogP contribution in [0.1, 0.15) is 47.9 Å². The summed E-state index contributed by atoms with van der Waals surface area (Å²) >= 11 is 0. The average Bonchev–Trinajstić information content (AvgIpc) is 3.03. The minimum atomic E-state index is -1.07. The van der Waals surface area contributed by atoms with Gasteiger partial charge >= 0.3 is 0 Å². The second-order valence-electron chi connectivity index (χ2n) is 6.31. The van der Waals surface area contributed by atoms with E-state index in [1.54, 1.807) is 36.4 Å². The molecule has 0 atom stereocenters. The first-order chi connectivity index (χ1) is 12.5. The number of carbonyl (C=O) groups is 5. The Bertz CT molecular complexity index is 857. The molecule has 0 spiro atoms. The zero-order valence-corrected chi connectivity index (χ0v) is 13.6. The van der Waals surface area contributed by atoms with Gasteiger partial charge in [-0.3, -0.25) is 28.9 Å². The third-order valence-corrected chi connectivity index (χ3v) is 4.74. The van der Waals surface area contributed by atoms with Gasteiger partial charge in [-0.1, -0.05) is 36.4 Å². The van der Waals surface area contributed by atoms with Crippen LogP contribution in [0.2, 0.25) is 0 Å². The molecule has 128 valence electrons. The molecule has 26 heavy (non-hydrogen) atoms. The maximum atomic E-state index is 12.4. The van der Waals surface area contributed by atoms with Crippen LogP contribution in [0.15, 0.2) is 48.5 Å². The summed E-state index contributed by atoms with van der Waals surface area (Å²) in [4.78, 5) is 62.6. The van der Waals surface area contributed by atoms with Gasteiger partial charge in [-0.05, 0) is 12.1 Å². The lowest BCUT2D eigenvalue weighted by Gasteiger charge is -2.14. The molecule has 2 aliphatic rings. The number of benzene rings is 2. The fourth-order valence-electron chi connectivity index (χ4n) is 3.44. The average molecular weight is 347 g/mol. The molecule has 2 aromatic rings. The van der Waals surface area contributed by atoms with Crippen molar-refractivity contribution in [3.63, 3.8) is 0 Å². The summed E-state index contributed by atoms with van der Waals surface area (Å²) in [6, 6.07) is 12.8. The number of rotatable bonds is 4. The first kappa shape index (κ1) is 16.1. The number of carbonyl (C=O) groups excluding carboxylic acids is 5. The summed E-state index contributed by atoms with van der Waals surface area (Å²) < 4.78 is 0. The van der Waals surface area contributed by atoms with Gasteiger partial charge in [0.2, 0.25) is 0 Å². The second kappa shape index (κ2) is 5.84. The number of imide groups is 1. The van der Waals surface area contributed by atoms with Gasteiger partial charge in [0, 0.05) is 17.5 Å². The maximum absolute atomic E-state index is 12.4. The van der Waals surface area contributed by atoms with Crippen LogP contribution in [0.3, 0.4) is 0 Å². The van der Waals surface area contributed by atoms with Crippen LogP contribution in [0.4, 0.5) is 0 Å². The molecule has 0 saturated carbocycles. The van der Waals surface area contributed by atoms with Crippen LogP contribution in [-0.2, 0) is 4.79 Å². The van der Waals surface area contributed by atoms with Crippen LogP contribution >= 0.6 is 0 Å². The highest BCUT2D eigenvalue weighted by Crippen LogP contribution is 2.29. The van der Waals surface area contributed by atoms with E-state index in [2.05, 4.69) is 0 Å². The number of fused-ring (bicyclic) bond motifs is 2. The van der Waals surface area contributed by atoms with Gasteiger partial charge in [0.25, 0.3) is 11.8 Å². The first-order valence-corrected chi connectivity index (χ1v) is 8.13. The highest BCUT2D eigenvalue weighted by atomic mass is 16.2. The van der Waals surface area contributed by atoms with E-state index in [0.717, 1.165) is 4.90 Å². The van der Waals surface area contributed by atoms with Crippen molar-refractivity contribution in [1.29, 1.82) is 0 Å². The highest BCUT2D eigenvalue weighted by molar-refractivity contribution is 6.28. The van der Waals surface area contributed by atoms with Gasteiger partial charge in [-0.2, -0.15) is 0 Å². The highest BCUT2D eigenvalue weighted by Gasteiger charge is 2.41. The molecule has 4 rings (SSSR count). The van der Waals surface area contributed by atoms with Crippen LogP contribution in [0.25, 0.3) is 0 Å². The summed E-state index contributed by atoms with van der Waals surface area (Å²) in [5.74, 6) is -3.42. The molecule has 0 bridgehead atoms. The van der Waals surface area contributed by atoms with Gasteiger partial charge in [-0.25, -0.2) is 0 Å². The molecule has 0 N–H and O–H groups in total. The largest absolute Gasteiger partial charge is 0.298 e. The van der Waals surface area contributed by atoms with E-state index >= 15 is 0 Å². The third kappa shape index (κ3) is 2.30. The van der Waals surface area contributed by atoms with Crippen molar-refractivity contribution < 1.29 is 24.0 Å². The molecule has 2 amide bonds. The molecule has 1 aliphatic heterocycles. The molecule has 0 unspecified atom stereocenters. The van der Waals surface area contributed by atoms with Crippen molar-refractivity contribution >= 4 is 29.2 Å². The number of nitrogens with zero attached hydrogens (tertiary/aromatic N) is 1. The molecule has 6 nitrogen and oxygen atoms in total. The molecule has 6 heteroatoms. The number of hydrogen-bond acceptors (Lipinski definition) is 5. The molecular formula is C20H13NO5. The van der Waals surface area contributed by atoms with Crippen LogP contribution in [0.5, 0.6) is 0 Å². The zero-order valence-electron chi connectivity index (χ0n) is 13.6. The SMILES string of the molecule is O=C(CC1C(=O)c2ccccc2C1=O)CN1C(=O)c2ccccc2C1=O. The van der Waals surface area contributed by atoms with E-state index in [0.29, 0.717) is 11.1 Å². The van der Waals surface area contributed by atoms with Crippen molar-refractivity contribution in [2.75, 3.05) is 6.54 Å². The Balaban J connectivity index is 1.50. The summed E-state index contributed by atoms with van der Waals surface area (Å²) in [5, 5.41) is 0. The molecular weight excluding hydrogens is 334 g/mol. The molecule has 0 radical (unpaired) electrons. The van der Waals surface area contributed by atoms with Crippen LogP contribution < -0.4 is 0 Å². The predicted molar refractivity (Wildman–Crippen MR) is 90.0 cm³/mol. The molecule has 1 heterocycles. The predicted octanol–water partition coefficient (Wildman–Crippen LogP) is 1.94. The second-order valence-corrected chi connectivity index (χ2v) is 6.31. The Morgan fingerprint density at radius 3 is 1.62 bits per heavy atom. The van der Waals surface area contributed by atoms with Crippen molar-refractivity contribution in [1.82, 2.24) is 4.90 Å². The Labute approximate surface area is 148 Å². The van der Waals surface area contributed by atoms with E-state index in [1.807, 2.05) is 0 Å². The number of ketones is 3. The topological polar surface area (TPSA) is 88.6 Å². The normalized spacial score (nSPS) is 16.2. The number of Topliss-reactive ketones (excluding diaryl/α,β-unsaturated/α-hetero) is 3. The maximum Gasteiger partial charge on any atom is 0.261 e. The summed E-state index contributed by atoms with van der Waals surface area (Å²) in [6.45, 7) is -0.445. The zero-order chi connectivity index (χ0) is 18.4. The monoisotopic (exact) mass is 347 g/mol. The summed E-state index contributed by atoms with van der Waals surface area (Å²) in [7, 11) is 0. The molecule has 1 aliphatic carbocycles. The summed E-state index contributed by atoms with van der Waals surface area (Å²) in [6.07, 6.45) is -0.320. The Morgan fingerprint density at radius 1 is 0.731 bits per heavy atom. The fraction of sp³-hybridized carbons (Fsp3) is 0.150.